The maximum atomic E-state index is 10.8. The Balaban J connectivity index is 1.63. The number of piperidine rings is 1. The first-order valence-corrected chi connectivity index (χ1v) is 8.79. The van der Waals surface area contributed by atoms with Gasteiger partial charge in [0, 0.05) is 6.04 Å². The highest BCUT2D eigenvalue weighted by Gasteiger charge is 2.24. The summed E-state index contributed by atoms with van der Waals surface area (Å²) in [6.07, 6.45) is 12.3. The van der Waals surface area contributed by atoms with E-state index in [9.17, 15) is 4.79 Å². The Hall–Kier alpha value is -0.610. The average molecular weight is 296 g/mol. The normalized spacial score (nSPS) is 23.3. The third-order valence-electron chi connectivity index (χ3n) is 5.39. The molecule has 1 saturated carbocycles. The van der Waals surface area contributed by atoms with Gasteiger partial charge in [-0.25, -0.2) is 0 Å². The molecule has 1 heterocycles. The van der Waals surface area contributed by atoms with Crippen LogP contribution in [0.3, 0.4) is 0 Å². The second-order valence-electron chi connectivity index (χ2n) is 7.03. The van der Waals surface area contributed by atoms with Crippen LogP contribution in [0.25, 0.3) is 0 Å². The van der Waals surface area contributed by atoms with E-state index in [2.05, 4.69) is 4.90 Å². The zero-order valence-corrected chi connectivity index (χ0v) is 13.6. The molecule has 1 N–H and O–H groups in total. The molecular weight excluding hydrogens is 264 g/mol. The summed E-state index contributed by atoms with van der Waals surface area (Å²) in [6, 6.07) is 0.454. The summed E-state index contributed by atoms with van der Waals surface area (Å²) < 4.78 is 0. The Morgan fingerprint density at radius 2 is 1.71 bits per heavy atom. The van der Waals surface area contributed by atoms with Gasteiger partial charge < -0.3 is 10.0 Å². The highest BCUT2D eigenvalue weighted by Crippen LogP contribution is 2.26. The number of aliphatic carboxylic acids is 1. The van der Waals surface area contributed by atoms with Crippen LogP contribution in [0.2, 0.25) is 0 Å². The van der Waals surface area contributed by atoms with E-state index in [1.807, 2.05) is 11.9 Å². The lowest BCUT2D eigenvalue weighted by Crippen LogP contribution is -2.45. The molecule has 2 aliphatic rings. The van der Waals surface area contributed by atoms with Gasteiger partial charge in [-0.2, -0.15) is 0 Å². The molecule has 122 valence electrons. The predicted octanol–water partition coefficient (Wildman–Crippen LogP) is 2.83. The zero-order valence-electron chi connectivity index (χ0n) is 13.6. The molecule has 0 aromatic heterocycles. The second-order valence-corrected chi connectivity index (χ2v) is 7.03. The van der Waals surface area contributed by atoms with Crippen molar-refractivity contribution in [2.45, 2.75) is 63.8 Å². The van der Waals surface area contributed by atoms with Crippen molar-refractivity contribution in [1.29, 1.82) is 0 Å². The summed E-state index contributed by atoms with van der Waals surface area (Å²) in [7, 11) is 1.94. The minimum absolute atomic E-state index is 0.173. The van der Waals surface area contributed by atoms with Crippen LogP contribution in [-0.4, -0.2) is 60.1 Å². The van der Waals surface area contributed by atoms with Crippen molar-refractivity contribution in [3.05, 3.63) is 0 Å². The number of hydrogen-bond acceptors (Lipinski definition) is 3. The van der Waals surface area contributed by atoms with Crippen LogP contribution in [0, 0.1) is 5.92 Å². The number of likely N-dealkylation sites (N-methyl/N-ethyl adjacent to an activating group) is 1. The number of rotatable bonds is 6. The molecule has 0 unspecified atom stereocenters. The van der Waals surface area contributed by atoms with E-state index in [-0.39, 0.29) is 6.54 Å². The molecule has 1 saturated heterocycles. The van der Waals surface area contributed by atoms with Gasteiger partial charge in [0.05, 0.1) is 6.54 Å². The average Bonchev–Trinajstić information content (AvgIpc) is 2.73. The van der Waals surface area contributed by atoms with E-state index in [4.69, 9.17) is 5.11 Å². The Bertz CT molecular complexity index is 306. The van der Waals surface area contributed by atoms with Gasteiger partial charge in [-0.05, 0) is 51.9 Å². The van der Waals surface area contributed by atoms with Crippen LogP contribution in [0.15, 0.2) is 0 Å². The van der Waals surface area contributed by atoms with E-state index in [1.165, 1.54) is 51.5 Å². The number of nitrogens with zero attached hydrogens (tertiary/aromatic N) is 2. The van der Waals surface area contributed by atoms with Crippen LogP contribution in [0.5, 0.6) is 0 Å². The molecule has 0 atom stereocenters. The minimum atomic E-state index is -0.715. The molecule has 21 heavy (non-hydrogen) atoms. The molecule has 4 heteroatoms. The van der Waals surface area contributed by atoms with Gasteiger partial charge in [0.2, 0.25) is 0 Å². The SMILES string of the molecule is CN(CC(=O)O)C1CCN(CCC2CCCCCC2)CC1. The topological polar surface area (TPSA) is 43.8 Å². The lowest BCUT2D eigenvalue weighted by atomic mass is 9.95. The first-order valence-electron chi connectivity index (χ1n) is 8.79. The van der Waals surface area contributed by atoms with Crippen molar-refractivity contribution in [2.24, 2.45) is 5.92 Å². The van der Waals surface area contributed by atoms with Gasteiger partial charge in [0.25, 0.3) is 0 Å². The second kappa shape index (κ2) is 8.74. The molecule has 1 aliphatic heterocycles. The van der Waals surface area contributed by atoms with Crippen molar-refractivity contribution in [3.8, 4) is 0 Å². The van der Waals surface area contributed by atoms with Crippen molar-refractivity contribution < 1.29 is 9.90 Å². The monoisotopic (exact) mass is 296 g/mol. The quantitative estimate of drug-likeness (QED) is 0.766. The van der Waals surface area contributed by atoms with Gasteiger partial charge in [0.15, 0.2) is 0 Å². The Morgan fingerprint density at radius 3 is 2.29 bits per heavy atom. The van der Waals surface area contributed by atoms with E-state index >= 15 is 0 Å². The van der Waals surface area contributed by atoms with Gasteiger partial charge in [-0.1, -0.05) is 38.5 Å². The highest BCUT2D eigenvalue weighted by molar-refractivity contribution is 5.69. The molecule has 4 nitrogen and oxygen atoms in total. The number of carbonyl (C=O) groups is 1. The Kier molecular flexibility index (Phi) is 6.97. The van der Waals surface area contributed by atoms with Crippen molar-refractivity contribution in [3.63, 3.8) is 0 Å². The molecule has 2 rings (SSSR count). The molecule has 0 radical (unpaired) electrons. The van der Waals surface area contributed by atoms with Crippen molar-refractivity contribution in [1.82, 2.24) is 9.80 Å². The maximum absolute atomic E-state index is 10.8. The lowest BCUT2D eigenvalue weighted by Gasteiger charge is -2.36. The van der Waals surface area contributed by atoms with Crippen LogP contribution in [-0.2, 0) is 4.79 Å². The number of hydrogen-bond donors (Lipinski definition) is 1. The molecule has 1 aliphatic carbocycles. The van der Waals surface area contributed by atoms with Crippen LogP contribution < -0.4 is 0 Å². The van der Waals surface area contributed by atoms with E-state index in [1.54, 1.807) is 0 Å². The molecular formula is C17H32N2O2. The smallest absolute Gasteiger partial charge is 0.317 e. The summed E-state index contributed by atoms with van der Waals surface area (Å²) in [4.78, 5) is 15.4. The summed E-state index contributed by atoms with van der Waals surface area (Å²) in [5.41, 5.74) is 0. The third-order valence-corrected chi connectivity index (χ3v) is 5.39. The summed E-state index contributed by atoms with van der Waals surface area (Å²) >= 11 is 0. The van der Waals surface area contributed by atoms with E-state index < -0.39 is 5.97 Å². The highest BCUT2D eigenvalue weighted by atomic mass is 16.4. The Labute approximate surface area is 129 Å². The predicted molar refractivity (Wildman–Crippen MR) is 85.5 cm³/mol. The molecule has 0 spiro atoms. The number of likely N-dealkylation sites (tertiary alicyclic amines) is 1. The maximum Gasteiger partial charge on any atom is 0.317 e. The summed E-state index contributed by atoms with van der Waals surface area (Å²) in [6.45, 7) is 3.70. The first-order chi connectivity index (χ1) is 10.1. The fraction of sp³-hybridized carbons (Fsp3) is 0.941. The number of carboxylic acid groups (broad SMARTS) is 1. The van der Waals surface area contributed by atoms with Crippen LogP contribution in [0.4, 0.5) is 0 Å². The first kappa shape index (κ1) is 16.8. The third kappa shape index (κ3) is 5.95. The summed E-state index contributed by atoms with van der Waals surface area (Å²) in [5, 5.41) is 8.87. The molecule has 2 fully saturated rings. The van der Waals surface area contributed by atoms with Crippen LogP contribution in [0.1, 0.15) is 57.8 Å². The standard InChI is InChI=1S/C17H32N2O2/c1-18(14-17(20)21)16-9-12-19(13-10-16)11-8-15-6-4-2-3-5-7-15/h15-16H,2-14H2,1H3,(H,20,21). The van der Waals surface area contributed by atoms with Gasteiger partial charge >= 0.3 is 5.97 Å². The fourth-order valence-electron chi connectivity index (χ4n) is 3.94. The minimum Gasteiger partial charge on any atom is -0.480 e. The zero-order chi connectivity index (χ0) is 15.1. The fourth-order valence-corrected chi connectivity index (χ4v) is 3.94. The molecule has 0 amide bonds. The van der Waals surface area contributed by atoms with Crippen molar-refractivity contribution >= 4 is 5.97 Å². The number of carboxylic acids is 1. The van der Waals surface area contributed by atoms with Crippen molar-refractivity contribution in [2.75, 3.05) is 33.2 Å². The van der Waals surface area contributed by atoms with Gasteiger partial charge in [-0.15, -0.1) is 0 Å². The summed E-state index contributed by atoms with van der Waals surface area (Å²) in [5.74, 6) is 0.244. The van der Waals surface area contributed by atoms with Gasteiger partial charge in [-0.3, -0.25) is 9.69 Å². The van der Waals surface area contributed by atoms with E-state index in [0.717, 1.165) is 31.8 Å². The Morgan fingerprint density at radius 1 is 1.10 bits per heavy atom. The largest absolute Gasteiger partial charge is 0.480 e. The molecule has 0 bridgehead atoms. The lowest BCUT2D eigenvalue weighted by molar-refractivity contribution is -0.138. The van der Waals surface area contributed by atoms with E-state index in [0.29, 0.717) is 6.04 Å². The van der Waals surface area contributed by atoms with Crippen LogP contribution >= 0.6 is 0 Å². The molecule has 0 aromatic rings. The molecule has 0 aromatic carbocycles. The van der Waals surface area contributed by atoms with Gasteiger partial charge in [0.1, 0.15) is 0 Å².